The van der Waals surface area contributed by atoms with Crippen molar-refractivity contribution < 1.29 is 14.3 Å². The smallest absolute Gasteiger partial charge is 0.338 e. The molecule has 1 heterocycles. The monoisotopic (exact) mass is 280 g/mol. The highest BCUT2D eigenvalue weighted by Gasteiger charge is 2.36. The Morgan fingerprint density at radius 1 is 1.25 bits per heavy atom. The molecule has 0 saturated heterocycles. The Kier molecular flexibility index (Phi) is 4.68. The van der Waals surface area contributed by atoms with Gasteiger partial charge in [-0.05, 0) is 39.5 Å². The van der Waals surface area contributed by atoms with Gasteiger partial charge < -0.3 is 15.4 Å². The molecule has 2 rings (SSSR count). The van der Waals surface area contributed by atoms with Crippen molar-refractivity contribution in [2.45, 2.75) is 65.0 Å². The SMILES string of the molecule is CC1=C(C(=O)OC(C)C)C(C2CCCCC2)NC(=O)N1. The highest BCUT2D eigenvalue weighted by Crippen LogP contribution is 2.31. The molecule has 0 aromatic rings. The Labute approximate surface area is 120 Å². The number of allylic oxidation sites excluding steroid dienone is 1. The molecule has 2 aliphatic rings. The average Bonchev–Trinajstić information content (AvgIpc) is 2.37. The van der Waals surface area contributed by atoms with Gasteiger partial charge in [-0.25, -0.2) is 9.59 Å². The summed E-state index contributed by atoms with van der Waals surface area (Å²) in [5.41, 5.74) is 1.21. The first-order valence-corrected chi connectivity index (χ1v) is 7.48. The van der Waals surface area contributed by atoms with Gasteiger partial charge in [0.2, 0.25) is 0 Å². The van der Waals surface area contributed by atoms with Crippen molar-refractivity contribution in [1.29, 1.82) is 0 Å². The third-order valence-electron chi connectivity index (χ3n) is 3.99. The van der Waals surface area contributed by atoms with Crippen LogP contribution in [0.2, 0.25) is 0 Å². The lowest BCUT2D eigenvalue weighted by molar-refractivity contribution is -0.143. The van der Waals surface area contributed by atoms with Gasteiger partial charge in [0, 0.05) is 5.70 Å². The number of hydrogen-bond donors (Lipinski definition) is 2. The summed E-state index contributed by atoms with van der Waals surface area (Å²) in [4.78, 5) is 24.0. The van der Waals surface area contributed by atoms with Crippen LogP contribution in [-0.2, 0) is 9.53 Å². The van der Waals surface area contributed by atoms with Crippen LogP contribution in [0.1, 0.15) is 52.9 Å². The summed E-state index contributed by atoms with van der Waals surface area (Å²) in [7, 11) is 0. The quantitative estimate of drug-likeness (QED) is 0.780. The maximum Gasteiger partial charge on any atom is 0.338 e. The van der Waals surface area contributed by atoms with Gasteiger partial charge in [-0.3, -0.25) is 0 Å². The van der Waals surface area contributed by atoms with Crippen molar-refractivity contribution in [3.8, 4) is 0 Å². The van der Waals surface area contributed by atoms with Crippen molar-refractivity contribution in [2.75, 3.05) is 0 Å². The standard InChI is InChI=1S/C15H24N2O3/c1-9(2)20-14(18)12-10(3)16-15(19)17-13(12)11-7-5-4-6-8-11/h9,11,13H,4-8H2,1-3H3,(H2,16,17,19). The summed E-state index contributed by atoms with van der Waals surface area (Å²) in [6, 6.07) is -0.436. The van der Waals surface area contributed by atoms with Crippen LogP contribution in [0, 0.1) is 5.92 Å². The number of esters is 1. The van der Waals surface area contributed by atoms with Crippen molar-refractivity contribution in [3.05, 3.63) is 11.3 Å². The van der Waals surface area contributed by atoms with Gasteiger partial charge in [0.15, 0.2) is 0 Å². The van der Waals surface area contributed by atoms with E-state index in [4.69, 9.17) is 4.74 Å². The fourth-order valence-electron chi connectivity index (χ4n) is 3.10. The molecule has 0 spiro atoms. The average molecular weight is 280 g/mol. The van der Waals surface area contributed by atoms with E-state index >= 15 is 0 Å². The molecule has 0 aromatic heterocycles. The number of nitrogens with one attached hydrogen (secondary N) is 2. The number of carbonyl (C=O) groups is 2. The minimum atomic E-state index is -0.319. The summed E-state index contributed by atoms with van der Waals surface area (Å²) < 4.78 is 5.33. The normalized spacial score (nSPS) is 24.4. The van der Waals surface area contributed by atoms with Gasteiger partial charge in [-0.2, -0.15) is 0 Å². The van der Waals surface area contributed by atoms with Crippen LogP contribution < -0.4 is 10.6 Å². The van der Waals surface area contributed by atoms with Crippen LogP contribution in [0.15, 0.2) is 11.3 Å². The van der Waals surface area contributed by atoms with Crippen molar-refractivity contribution >= 4 is 12.0 Å². The number of carbonyl (C=O) groups excluding carboxylic acids is 2. The maximum atomic E-state index is 12.3. The van der Waals surface area contributed by atoms with Gasteiger partial charge in [0.1, 0.15) is 0 Å². The molecule has 1 unspecified atom stereocenters. The number of rotatable bonds is 3. The Morgan fingerprint density at radius 3 is 2.50 bits per heavy atom. The zero-order valence-corrected chi connectivity index (χ0v) is 12.5. The molecule has 1 fully saturated rings. The Bertz CT molecular complexity index is 423. The van der Waals surface area contributed by atoms with Crippen molar-refractivity contribution in [2.24, 2.45) is 5.92 Å². The molecule has 5 nitrogen and oxygen atoms in total. The second-order valence-electron chi connectivity index (χ2n) is 5.97. The summed E-state index contributed by atoms with van der Waals surface area (Å²) in [6.07, 6.45) is 5.51. The Balaban J connectivity index is 2.23. The zero-order valence-electron chi connectivity index (χ0n) is 12.5. The van der Waals surface area contributed by atoms with E-state index in [0.29, 0.717) is 17.2 Å². The van der Waals surface area contributed by atoms with Crippen LogP contribution in [-0.4, -0.2) is 24.1 Å². The first kappa shape index (κ1) is 14.9. The molecule has 2 N–H and O–H groups in total. The third kappa shape index (κ3) is 3.32. The van der Waals surface area contributed by atoms with Crippen LogP contribution in [0.25, 0.3) is 0 Å². The molecule has 1 aliphatic heterocycles. The summed E-state index contributed by atoms with van der Waals surface area (Å²) in [5, 5.41) is 5.59. The predicted molar refractivity (Wildman–Crippen MR) is 76.0 cm³/mol. The molecule has 1 aliphatic carbocycles. The van der Waals surface area contributed by atoms with Gasteiger partial charge in [-0.1, -0.05) is 19.3 Å². The molecular weight excluding hydrogens is 256 g/mol. The highest BCUT2D eigenvalue weighted by molar-refractivity contribution is 5.94. The molecule has 5 heteroatoms. The lowest BCUT2D eigenvalue weighted by Crippen LogP contribution is -2.53. The second-order valence-corrected chi connectivity index (χ2v) is 5.97. The molecule has 112 valence electrons. The number of amides is 2. The first-order valence-electron chi connectivity index (χ1n) is 7.48. The van der Waals surface area contributed by atoms with Crippen molar-refractivity contribution in [3.63, 3.8) is 0 Å². The first-order chi connectivity index (χ1) is 9.49. The predicted octanol–water partition coefficient (Wildman–Crippen LogP) is 2.47. The minimum Gasteiger partial charge on any atom is -0.460 e. The minimum absolute atomic E-state index is 0.160. The van der Waals surface area contributed by atoms with E-state index in [2.05, 4.69) is 10.6 Å². The van der Waals surface area contributed by atoms with Crippen LogP contribution in [0.3, 0.4) is 0 Å². The molecule has 1 saturated carbocycles. The van der Waals surface area contributed by atoms with Crippen LogP contribution >= 0.6 is 0 Å². The number of urea groups is 1. The fraction of sp³-hybridized carbons (Fsp3) is 0.733. The summed E-state index contributed by atoms with van der Waals surface area (Å²) >= 11 is 0. The molecule has 20 heavy (non-hydrogen) atoms. The summed E-state index contributed by atoms with van der Waals surface area (Å²) in [5.74, 6) is 0.0139. The highest BCUT2D eigenvalue weighted by atomic mass is 16.5. The molecule has 2 amide bonds. The van der Waals surface area contributed by atoms with Gasteiger partial charge in [0.25, 0.3) is 0 Å². The molecule has 0 aromatic carbocycles. The second kappa shape index (κ2) is 6.29. The van der Waals surface area contributed by atoms with Gasteiger partial charge in [0.05, 0.1) is 17.7 Å². The number of ether oxygens (including phenoxy) is 1. The third-order valence-corrected chi connectivity index (χ3v) is 3.99. The lowest BCUT2D eigenvalue weighted by atomic mass is 9.80. The van der Waals surface area contributed by atoms with Crippen LogP contribution in [0.5, 0.6) is 0 Å². The van der Waals surface area contributed by atoms with E-state index in [1.807, 2.05) is 13.8 Å². The van der Waals surface area contributed by atoms with E-state index in [0.717, 1.165) is 25.7 Å². The van der Waals surface area contributed by atoms with E-state index in [1.165, 1.54) is 6.42 Å². The van der Waals surface area contributed by atoms with E-state index in [9.17, 15) is 9.59 Å². The fourth-order valence-corrected chi connectivity index (χ4v) is 3.10. The van der Waals surface area contributed by atoms with Crippen LogP contribution in [0.4, 0.5) is 4.79 Å². The van der Waals surface area contributed by atoms with Crippen molar-refractivity contribution in [1.82, 2.24) is 10.6 Å². The molecule has 0 bridgehead atoms. The maximum absolute atomic E-state index is 12.3. The number of hydrogen-bond acceptors (Lipinski definition) is 3. The van der Waals surface area contributed by atoms with E-state index in [1.54, 1.807) is 6.92 Å². The van der Waals surface area contributed by atoms with Gasteiger partial charge >= 0.3 is 12.0 Å². The largest absolute Gasteiger partial charge is 0.460 e. The van der Waals surface area contributed by atoms with E-state index < -0.39 is 0 Å². The summed E-state index contributed by atoms with van der Waals surface area (Å²) in [6.45, 7) is 5.43. The Morgan fingerprint density at radius 2 is 1.90 bits per heavy atom. The van der Waals surface area contributed by atoms with E-state index in [-0.39, 0.29) is 24.1 Å². The topological polar surface area (TPSA) is 67.4 Å². The lowest BCUT2D eigenvalue weighted by Gasteiger charge is -2.35. The molecular formula is C15H24N2O3. The molecule has 0 radical (unpaired) electrons. The Hall–Kier alpha value is -1.52. The zero-order chi connectivity index (χ0) is 14.7. The molecule has 1 atom stereocenters. The van der Waals surface area contributed by atoms with Gasteiger partial charge in [-0.15, -0.1) is 0 Å².